The Kier molecular flexibility index (Phi) is 4.19. The van der Waals surface area contributed by atoms with Crippen molar-refractivity contribution in [3.63, 3.8) is 0 Å². The normalized spacial score (nSPS) is 25.3. The number of carbonyl (C=O) groups excluding carboxylic acids is 2. The van der Waals surface area contributed by atoms with Gasteiger partial charge in [-0.1, -0.05) is 12.1 Å². The van der Waals surface area contributed by atoms with Crippen LogP contribution in [0.15, 0.2) is 42.5 Å². The summed E-state index contributed by atoms with van der Waals surface area (Å²) < 4.78 is 24.8. The minimum atomic E-state index is -0.574. The van der Waals surface area contributed by atoms with Gasteiger partial charge in [0, 0.05) is 18.5 Å². The molecule has 0 aliphatic carbocycles. The second kappa shape index (κ2) is 6.76. The average Bonchev–Trinajstić information content (AvgIpc) is 3.33. The van der Waals surface area contributed by atoms with E-state index in [0.29, 0.717) is 42.0 Å². The Morgan fingerprint density at radius 1 is 1.14 bits per heavy atom. The minimum Gasteiger partial charge on any atom is -0.454 e. The van der Waals surface area contributed by atoms with Gasteiger partial charge >= 0.3 is 0 Å². The maximum Gasteiger partial charge on any atom is 0.254 e. The number of hydrogen-bond acceptors (Lipinski definition) is 4. The fourth-order valence-corrected chi connectivity index (χ4v) is 4.85. The van der Waals surface area contributed by atoms with Crippen LogP contribution < -0.4 is 14.8 Å². The molecule has 29 heavy (non-hydrogen) atoms. The van der Waals surface area contributed by atoms with Crippen LogP contribution in [-0.2, 0) is 4.79 Å². The summed E-state index contributed by atoms with van der Waals surface area (Å²) in [6.45, 7) is 0.670. The molecule has 0 radical (unpaired) electrons. The van der Waals surface area contributed by atoms with Gasteiger partial charge in [0.25, 0.3) is 5.91 Å². The molecule has 3 aliphatic rings. The molecule has 2 atom stereocenters. The number of hydrogen-bond donors (Lipinski definition) is 1. The number of fused-ring (bicyclic) bond motifs is 1. The van der Waals surface area contributed by atoms with E-state index < -0.39 is 11.6 Å². The number of piperidine rings is 1. The average molecular weight is 396 g/mol. The van der Waals surface area contributed by atoms with Crippen LogP contribution in [0.25, 0.3) is 0 Å². The molecule has 5 rings (SSSR count). The van der Waals surface area contributed by atoms with Crippen molar-refractivity contribution in [3.05, 3.63) is 59.4 Å². The van der Waals surface area contributed by atoms with Crippen LogP contribution in [0, 0.1) is 5.82 Å². The van der Waals surface area contributed by atoms with Crippen LogP contribution in [0.1, 0.15) is 47.6 Å². The second-order valence-electron chi connectivity index (χ2n) is 7.83. The zero-order chi connectivity index (χ0) is 20.0. The third kappa shape index (κ3) is 3.01. The van der Waals surface area contributed by atoms with Crippen molar-refractivity contribution < 1.29 is 23.5 Å². The van der Waals surface area contributed by atoms with E-state index in [2.05, 4.69) is 5.32 Å². The van der Waals surface area contributed by atoms with Crippen molar-refractivity contribution in [2.45, 2.75) is 37.3 Å². The lowest BCUT2D eigenvalue weighted by atomic mass is 9.76. The molecule has 3 heterocycles. The van der Waals surface area contributed by atoms with E-state index in [4.69, 9.17) is 9.47 Å². The Morgan fingerprint density at radius 3 is 2.79 bits per heavy atom. The van der Waals surface area contributed by atoms with Crippen molar-refractivity contribution in [3.8, 4) is 11.5 Å². The highest BCUT2D eigenvalue weighted by molar-refractivity contribution is 5.95. The molecule has 0 unspecified atom stereocenters. The molecular formula is C22H21FN2O4. The first-order valence-corrected chi connectivity index (χ1v) is 9.83. The van der Waals surface area contributed by atoms with Gasteiger partial charge in [0.1, 0.15) is 5.82 Å². The van der Waals surface area contributed by atoms with Crippen LogP contribution >= 0.6 is 0 Å². The number of likely N-dealkylation sites (tertiary alicyclic amines) is 1. The van der Waals surface area contributed by atoms with Gasteiger partial charge in [-0.15, -0.1) is 0 Å². The molecule has 150 valence electrons. The summed E-state index contributed by atoms with van der Waals surface area (Å²) in [6, 6.07) is 11.0. The first kappa shape index (κ1) is 18.0. The first-order valence-electron chi connectivity index (χ1n) is 9.83. The maximum atomic E-state index is 14.1. The zero-order valence-corrected chi connectivity index (χ0v) is 15.8. The lowest BCUT2D eigenvalue weighted by Gasteiger charge is -2.48. The summed E-state index contributed by atoms with van der Waals surface area (Å²) in [5.74, 6) is 0.602. The Hall–Kier alpha value is -3.09. The molecule has 0 aromatic heterocycles. The Morgan fingerprint density at radius 2 is 2.00 bits per heavy atom. The van der Waals surface area contributed by atoms with Gasteiger partial charge < -0.3 is 19.7 Å². The quantitative estimate of drug-likeness (QED) is 0.847. The standard InChI is InChI=1S/C22H21FN2O4/c23-16-4-1-3-14(11-16)20-22(9-7-19(26)24-22)8-2-10-25(20)21(27)15-5-6-17-18(12-15)29-13-28-17/h1,3-6,11-12,20H,2,7-10,13H2,(H,24,26)/t20-,22+/m1/s1. The van der Waals surface area contributed by atoms with Gasteiger partial charge in [-0.25, -0.2) is 4.39 Å². The molecule has 3 aliphatic heterocycles. The van der Waals surface area contributed by atoms with E-state index in [-0.39, 0.29) is 24.4 Å². The first-order chi connectivity index (χ1) is 14.1. The van der Waals surface area contributed by atoms with Gasteiger partial charge in [0.2, 0.25) is 12.7 Å². The molecule has 1 spiro atoms. The summed E-state index contributed by atoms with van der Waals surface area (Å²) in [6.07, 6.45) is 2.56. The smallest absolute Gasteiger partial charge is 0.254 e. The number of nitrogens with one attached hydrogen (secondary N) is 1. The Bertz CT molecular complexity index is 995. The SMILES string of the molecule is O=C1CC[C@]2(CCCN(C(=O)c3ccc4c(c3)OCO4)[C@@H]2c2cccc(F)c2)N1. The predicted octanol–water partition coefficient (Wildman–Crippen LogP) is 3.18. The molecular weight excluding hydrogens is 375 g/mol. The molecule has 2 saturated heterocycles. The van der Waals surface area contributed by atoms with Gasteiger partial charge in [0.05, 0.1) is 11.6 Å². The van der Waals surface area contributed by atoms with Crippen molar-refractivity contribution in [2.75, 3.05) is 13.3 Å². The third-order valence-electron chi connectivity index (χ3n) is 6.09. The molecule has 1 N–H and O–H groups in total. The van der Waals surface area contributed by atoms with E-state index in [1.54, 1.807) is 29.2 Å². The molecule has 7 heteroatoms. The second-order valence-corrected chi connectivity index (χ2v) is 7.83. The molecule has 2 fully saturated rings. The zero-order valence-electron chi connectivity index (χ0n) is 15.8. The highest BCUT2D eigenvalue weighted by Crippen LogP contribution is 2.45. The van der Waals surface area contributed by atoms with Gasteiger partial charge in [0.15, 0.2) is 11.5 Å². The minimum absolute atomic E-state index is 0.0243. The highest BCUT2D eigenvalue weighted by Gasteiger charge is 2.51. The van der Waals surface area contributed by atoms with Gasteiger partial charge in [-0.3, -0.25) is 9.59 Å². The van der Waals surface area contributed by atoms with Gasteiger partial charge in [-0.05, 0) is 55.2 Å². The molecule has 2 aromatic carbocycles. The topological polar surface area (TPSA) is 67.9 Å². The van der Waals surface area contributed by atoms with Crippen LogP contribution in [0.2, 0.25) is 0 Å². The predicted molar refractivity (Wildman–Crippen MR) is 102 cm³/mol. The number of benzene rings is 2. The largest absolute Gasteiger partial charge is 0.454 e. The number of nitrogens with zero attached hydrogens (tertiary/aromatic N) is 1. The fraction of sp³-hybridized carbons (Fsp3) is 0.364. The Balaban J connectivity index is 1.56. The molecule has 0 saturated carbocycles. The van der Waals surface area contributed by atoms with E-state index in [1.165, 1.54) is 12.1 Å². The van der Waals surface area contributed by atoms with Crippen molar-refractivity contribution in [2.24, 2.45) is 0 Å². The van der Waals surface area contributed by atoms with Crippen LogP contribution in [0.3, 0.4) is 0 Å². The molecule has 2 amide bonds. The molecule has 0 bridgehead atoms. The Labute approximate surface area is 167 Å². The summed E-state index contributed by atoms with van der Waals surface area (Å²) >= 11 is 0. The van der Waals surface area contributed by atoms with Gasteiger partial charge in [-0.2, -0.15) is 0 Å². The van der Waals surface area contributed by atoms with E-state index >= 15 is 0 Å². The number of rotatable bonds is 2. The number of halogens is 1. The van der Waals surface area contributed by atoms with E-state index in [0.717, 1.165) is 12.8 Å². The molecule has 2 aromatic rings. The summed E-state index contributed by atoms with van der Waals surface area (Å²) in [4.78, 5) is 27.4. The van der Waals surface area contributed by atoms with Crippen molar-refractivity contribution in [1.29, 1.82) is 0 Å². The van der Waals surface area contributed by atoms with E-state index in [9.17, 15) is 14.0 Å². The highest BCUT2D eigenvalue weighted by atomic mass is 19.1. The number of ether oxygens (including phenoxy) is 2. The van der Waals surface area contributed by atoms with Crippen molar-refractivity contribution in [1.82, 2.24) is 10.2 Å². The third-order valence-corrected chi connectivity index (χ3v) is 6.09. The fourth-order valence-electron chi connectivity index (χ4n) is 4.85. The lowest BCUT2D eigenvalue weighted by molar-refractivity contribution is -0.120. The number of amides is 2. The van der Waals surface area contributed by atoms with Crippen LogP contribution in [0.5, 0.6) is 11.5 Å². The van der Waals surface area contributed by atoms with Crippen LogP contribution in [0.4, 0.5) is 4.39 Å². The summed E-state index contributed by atoms with van der Waals surface area (Å²) in [5.41, 5.74) is 0.604. The lowest BCUT2D eigenvalue weighted by Crippen LogP contribution is -2.58. The van der Waals surface area contributed by atoms with E-state index in [1.807, 2.05) is 6.07 Å². The number of carbonyl (C=O) groups is 2. The maximum absolute atomic E-state index is 14.1. The molecule has 6 nitrogen and oxygen atoms in total. The summed E-state index contributed by atoms with van der Waals surface area (Å²) in [5, 5.41) is 3.12. The summed E-state index contributed by atoms with van der Waals surface area (Å²) in [7, 11) is 0. The van der Waals surface area contributed by atoms with Crippen molar-refractivity contribution >= 4 is 11.8 Å². The van der Waals surface area contributed by atoms with Crippen LogP contribution in [-0.4, -0.2) is 35.6 Å². The monoisotopic (exact) mass is 396 g/mol.